The van der Waals surface area contributed by atoms with Gasteiger partial charge in [0.15, 0.2) is 0 Å². The lowest BCUT2D eigenvalue weighted by Gasteiger charge is -2.31. The van der Waals surface area contributed by atoms with Crippen LogP contribution >= 0.6 is 0 Å². The number of carbonyl (C=O) groups is 1. The van der Waals surface area contributed by atoms with Gasteiger partial charge in [-0.15, -0.1) is 0 Å². The Balaban J connectivity index is 2.71. The summed E-state index contributed by atoms with van der Waals surface area (Å²) in [4.78, 5) is 11.1. The summed E-state index contributed by atoms with van der Waals surface area (Å²) in [6, 6.07) is 0. The van der Waals surface area contributed by atoms with Crippen LogP contribution in [-0.4, -0.2) is 35.0 Å². The highest BCUT2D eigenvalue weighted by Gasteiger charge is 2.36. The van der Waals surface area contributed by atoms with Crippen molar-refractivity contribution in [2.24, 2.45) is 0 Å². The number of hydrogen-bond donors (Lipinski definition) is 2. The first-order chi connectivity index (χ1) is 7.08. The molecule has 0 heterocycles. The lowest BCUT2D eigenvalue weighted by atomic mass is 9.85. The zero-order chi connectivity index (χ0) is 11.3. The second-order valence-corrected chi connectivity index (χ2v) is 3.98. The molecule has 0 radical (unpaired) electrons. The van der Waals surface area contributed by atoms with Crippen molar-refractivity contribution in [3.05, 3.63) is 12.2 Å². The molecule has 1 aliphatic rings. The molecule has 1 aliphatic carbocycles. The number of carbonyl (C=O) groups excluding carboxylic acids is 1. The predicted octanol–water partition coefficient (Wildman–Crippen LogP) is 0.772. The molecule has 0 aromatic heterocycles. The maximum atomic E-state index is 11.1. The van der Waals surface area contributed by atoms with E-state index >= 15 is 0 Å². The summed E-state index contributed by atoms with van der Waals surface area (Å²) in [5.41, 5.74) is -1.37. The molecule has 4 nitrogen and oxygen atoms in total. The van der Waals surface area contributed by atoms with Crippen molar-refractivity contribution in [1.29, 1.82) is 0 Å². The number of hydrogen-bond acceptors (Lipinski definition) is 4. The van der Waals surface area contributed by atoms with Crippen LogP contribution in [0.1, 0.15) is 32.1 Å². The van der Waals surface area contributed by atoms with Gasteiger partial charge in [0.1, 0.15) is 11.7 Å². The smallest absolute Gasteiger partial charge is 0.308 e. The first-order valence-electron chi connectivity index (χ1n) is 5.22. The third-order valence-electron chi connectivity index (χ3n) is 2.78. The molecule has 0 aliphatic heterocycles. The third kappa shape index (κ3) is 3.32. The molecule has 0 spiro atoms. The minimum absolute atomic E-state index is 0.158. The van der Waals surface area contributed by atoms with Gasteiger partial charge in [0.2, 0.25) is 0 Å². The highest BCUT2D eigenvalue weighted by molar-refractivity contribution is 5.70. The molecule has 0 aromatic rings. The fraction of sp³-hybridized carbons (Fsp3) is 0.727. The topological polar surface area (TPSA) is 66.8 Å². The van der Waals surface area contributed by atoms with Gasteiger partial charge < -0.3 is 14.9 Å². The summed E-state index contributed by atoms with van der Waals surface area (Å²) in [7, 11) is 1.27. The molecule has 86 valence electrons. The highest BCUT2D eigenvalue weighted by Crippen LogP contribution is 2.26. The molecule has 0 saturated heterocycles. The van der Waals surface area contributed by atoms with E-state index in [9.17, 15) is 15.0 Å². The van der Waals surface area contributed by atoms with Crippen molar-refractivity contribution in [2.45, 2.75) is 43.8 Å². The van der Waals surface area contributed by atoms with E-state index in [-0.39, 0.29) is 6.42 Å². The monoisotopic (exact) mass is 214 g/mol. The molecule has 2 atom stereocenters. The van der Waals surface area contributed by atoms with Gasteiger partial charge in [-0.2, -0.15) is 0 Å². The lowest BCUT2D eigenvalue weighted by molar-refractivity contribution is -0.151. The van der Waals surface area contributed by atoms with Crippen LogP contribution in [0.2, 0.25) is 0 Å². The maximum Gasteiger partial charge on any atom is 0.308 e. The number of rotatable bonds is 2. The summed E-state index contributed by atoms with van der Waals surface area (Å²) in [6.07, 6.45) is 5.35. The zero-order valence-electron chi connectivity index (χ0n) is 8.98. The van der Waals surface area contributed by atoms with Gasteiger partial charge in [-0.3, -0.25) is 4.79 Å². The fourth-order valence-corrected chi connectivity index (χ4v) is 1.76. The second-order valence-electron chi connectivity index (χ2n) is 3.98. The van der Waals surface area contributed by atoms with Crippen molar-refractivity contribution in [3.63, 3.8) is 0 Å². The van der Waals surface area contributed by atoms with Gasteiger partial charge in [0.25, 0.3) is 0 Å². The molecule has 15 heavy (non-hydrogen) atoms. The molecular formula is C11H18O4. The molecule has 0 saturated carbocycles. The van der Waals surface area contributed by atoms with E-state index in [1.807, 2.05) is 6.08 Å². The Kier molecular flexibility index (Phi) is 4.29. The van der Waals surface area contributed by atoms with Gasteiger partial charge in [0, 0.05) is 0 Å². The Bertz CT molecular complexity index is 249. The zero-order valence-corrected chi connectivity index (χ0v) is 8.98. The van der Waals surface area contributed by atoms with Crippen LogP contribution < -0.4 is 0 Å². The maximum absolute atomic E-state index is 11.1. The largest absolute Gasteiger partial charge is 0.469 e. The van der Waals surface area contributed by atoms with Crippen molar-refractivity contribution in [3.8, 4) is 0 Å². The number of aliphatic hydroxyl groups excluding tert-OH is 1. The number of ether oxygens (including phenoxy) is 1. The standard InChI is InChI=1S/C11H18O4/c1-15-10(13)8-11(14)7-5-3-2-4-6-9(11)12/h4,6,9,12,14H,2-3,5,7-8H2,1H3/b6-4+/t9?,11-/m0/s1. The normalized spacial score (nSPS) is 33.9. The Morgan fingerprint density at radius 2 is 2.33 bits per heavy atom. The summed E-state index contributed by atoms with van der Waals surface area (Å²) in [5.74, 6) is -0.495. The first-order valence-corrected chi connectivity index (χ1v) is 5.22. The number of esters is 1. The molecular weight excluding hydrogens is 196 g/mol. The van der Waals surface area contributed by atoms with Crippen molar-refractivity contribution in [2.75, 3.05) is 7.11 Å². The van der Waals surface area contributed by atoms with Crippen LogP contribution in [0.25, 0.3) is 0 Å². The summed E-state index contributed by atoms with van der Waals surface area (Å²) >= 11 is 0. The van der Waals surface area contributed by atoms with E-state index in [2.05, 4.69) is 4.74 Å². The van der Waals surface area contributed by atoms with Gasteiger partial charge in [-0.05, 0) is 19.3 Å². The molecule has 1 unspecified atom stereocenters. The van der Waals surface area contributed by atoms with Crippen LogP contribution in [-0.2, 0) is 9.53 Å². The van der Waals surface area contributed by atoms with E-state index in [4.69, 9.17) is 0 Å². The highest BCUT2D eigenvalue weighted by atomic mass is 16.5. The molecule has 0 bridgehead atoms. The summed E-state index contributed by atoms with van der Waals surface area (Å²) in [6.45, 7) is 0. The van der Waals surface area contributed by atoms with Crippen LogP contribution in [0.15, 0.2) is 12.2 Å². The molecule has 0 amide bonds. The van der Waals surface area contributed by atoms with Crippen molar-refractivity contribution in [1.82, 2.24) is 0 Å². The van der Waals surface area contributed by atoms with E-state index in [0.717, 1.165) is 19.3 Å². The van der Waals surface area contributed by atoms with Gasteiger partial charge in [0.05, 0.1) is 13.5 Å². The van der Waals surface area contributed by atoms with Gasteiger partial charge in [-0.1, -0.05) is 18.6 Å². The molecule has 1 rings (SSSR count). The van der Waals surface area contributed by atoms with Gasteiger partial charge >= 0.3 is 5.97 Å². The van der Waals surface area contributed by atoms with E-state index < -0.39 is 17.7 Å². The minimum Gasteiger partial charge on any atom is -0.469 e. The number of aliphatic hydroxyl groups is 2. The van der Waals surface area contributed by atoms with Crippen LogP contribution in [0.4, 0.5) is 0 Å². The summed E-state index contributed by atoms with van der Waals surface area (Å²) < 4.78 is 4.50. The van der Waals surface area contributed by atoms with E-state index in [1.54, 1.807) is 6.08 Å². The molecule has 2 N–H and O–H groups in total. The van der Waals surface area contributed by atoms with E-state index in [1.165, 1.54) is 7.11 Å². The predicted molar refractivity (Wildman–Crippen MR) is 55.2 cm³/mol. The van der Waals surface area contributed by atoms with Crippen molar-refractivity contribution < 1.29 is 19.7 Å². The Morgan fingerprint density at radius 1 is 1.60 bits per heavy atom. The first kappa shape index (κ1) is 12.2. The van der Waals surface area contributed by atoms with Crippen LogP contribution in [0.3, 0.4) is 0 Å². The minimum atomic E-state index is -1.37. The van der Waals surface area contributed by atoms with Crippen molar-refractivity contribution >= 4 is 5.97 Å². The Morgan fingerprint density at radius 3 is 3.00 bits per heavy atom. The summed E-state index contributed by atoms with van der Waals surface area (Å²) in [5, 5.41) is 19.9. The average Bonchev–Trinajstić information content (AvgIpc) is 2.20. The van der Waals surface area contributed by atoms with Crippen LogP contribution in [0.5, 0.6) is 0 Å². The van der Waals surface area contributed by atoms with Crippen LogP contribution in [0, 0.1) is 0 Å². The fourth-order valence-electron chi connectivity index (χ4n) is 1.76. The molecule has 0 fully saturated rings. The SMILES string of the molecule is COC(=O)C[C@@]1(O)CCCC/C=C/C1O. The van der Waals surface area contributed by atoms with E-state index in [0.29, 0.717) is 6.42 Å². The Labute approximate surface area is 89.6 Å². The third-order valence-corrected chi connectivity index (χ3v) is 2.78. The molecule has 4 heteroatoms. The number of methoxy groups -OCH3 is 1. The quantitative estimate of drug-likeness (QED) is 0.526. The number of allylic oxidation sites excluding steroid dienone is 1. The molecule has 0 aromatic carbocycles. The lowest BCUT2D eigenvalue weighted by Crippen LogP contribution is -2.43. The average molecular weight is 214 g/mol. The second kappa shape index (κ2) is 5.28. The van der Waals surface area contributed by atoms with Gasteiger partial charge in [-0.25, -0.2) is 0 Å². The Hall–Kier alpha value is -0.870.